The second kappa shape index (κ2) is 8.89. The van der Waals surface area contributed by atoms with E-state index in [0.717, 1.165) is 45.9 Å². The van der Waals surface area contributed by atoms with Crippen LogP contribution in [0.3, 0.4) is 0 Å². The molecule has 0 aliphatic carbocycles. The standard InChI is InChI=1S/C23H27N5O/c1-5-21-17(4)26-27-23(22(21)11-15(2)28-10-9-20(29)14-28)25-13-19-8-6-7-18(12-24)16(19)3/h5-8,11,20,29H,2,9-10,13-14H2,1,3-4H3,(H,25,27)/b21-5-,22-11+. The molecular weight excluding hydrogens is 362 g/mol. The molecule has 0 bridgehead atoms. The molecule has 6 heteroatoms. The third-order valence-corrected chi connectivity index (χ3v) is 5.42. The second-order valence-electron chi connectivity index (χ2n) is 7.33. The number of rotatable bonds is 5. The summed E-state index contributed by atoms with van der Waals surface area (Å²) >= 11 is 0. The average Bonchev–Trinajstić information content (AvgIpc) is 3.15. The number of aromatic nitrogens is 2. The van der Waals surface area contributed by atoms with Gasteiger partial charge >= 0.3 is 0 Å². The van der Waals surface area contributed by atoms with Crippen LogP contribution in [-0.2, 0) is 6.54 Å². The predicted molar refractivity (Wildman–Crippen MR) is 115 cm³/mol. The van der Waals surface area contributed by atoms with Crippen LogP contribution in [0.5, 0.6) is 0 Å². The van der Waals surface area contributed by atoms with E-state index in [-0.39, 0.29) is 6.10 Å². The Bertz CT molecular complexity index is 1080. The van der Waals surface area contributed by atoms with E-state index in [1.165, 1.54) is 0 Å². The Morgan fingerprint density at radius 3 is 2.83 bits per heavy atom. The van der Waals surface area contributed by atoms with Crippen LogP contribution in [0.4, 0.5) is 5.82 Å². The fourth-order valence-electron chi connectivity index (χ4n) is 3.63. The Balaban J connectivity index is 1.97. The number of aryl methyl sites for hydroxylation is 1. The molecule has 29 heavy (non-hydrogen) atoms. The number of aliphatic hydroxyl groups excluding tert-OH is 1. The van der Waals surface area contributed by atoms with Crippen molar-refractivity contribution in [1.82, 2.24) is 15.1 Å². The van der Waals surface area contributed by atoms with Gasteiger partial charge in [-0.3, -0.25) is 0 Å². The van der Waals surface area contributed by atoms with E-state index < -0.39 is 0 Å². The number of anilines is 1. The fourth-order valence-corrected chi connectivity index (χ4v) is 3.63. The molecule has 2 heterocycles. The highest BCUT2D eigenvalue weighted by Gasteiger charge is 2.20. The number of benzene rings is 1. The lowest BCUT2D eigenvalue weighted by molar-refractivity contribution is 0.185. The van der Waals surface area contributed by atoms with Crippen molar-refractivity contribution >= 4 is 18.0 Å². The van der Waals surface area contributed by atoms with Crippen LogP contribution >= 0.6 is 0 Å². The molecule has 1 aromatic carbocycles. The Morgan fingerprint density at radius 2 is 2.17 bits per heavy atom. The Hall–Kier alpha value is -3.17. The molecule has 1 saturated heterocycles. The van der Waals surface area contributed by atoms with Gasteiger partial charge in [0.15, 0.2) is 5.82 Å². The van der Waals surface area contributed by atoms with Gasteiger partial charge in [0.1, 0.15) is 0 Å². The molecule has 1 unspecified atom stereocenters. The molecule has 150 valence electrons. The molecule has 1 fully saturated rings. The number of hydrogen-bond acceptors (Lipinski definition) is 6. The quantitative estimate of drug-likeness (QED) is 0.810. The summed E-state index contributed by atoms with van der Waals surface area (Å²) in [5.74, 6) is 0.673. The molecule has 0 saturated carbocycles. The molecular formula is C23H27N5O. The lowest BCUT2D eigenvalue weighted by atomic mass is 10.0. The number of hydrogen-bond donors (Lipinski definition) is 2. The summed E-state index contributed by atoms with van der Waals surface area (Å²) in [4.78, 5) is 2.09. The zero-order valence-corrected chi connectivity index (χ0v) is 17.2. The highest BCUT2D eigenvalue weighted by molar-refractivity contribution is 5.54. The molecule has 1 aliphatic rings. The maximum absolute atomic E-state index is 9.83. The van der Waals surface area contributed by atoms with E-state index in [0.29, 0.717) is 24.5 Å². The van der Waals surface area contributed by atoms with Crippen LogP contribution in [-0.4, -0.2) is 39.4 Å². The van der Waals surface area contributed by atoms with Gasteiger partial charge in [-0.25, -0.2) is 0 Å². The van der Waals surface area contributed by atoms with Crippen molar-refractivity contribution in [2.75, 3.05) is 18.4 Å². The van der Waals surface area contributed by atoms with Crippen LogP contribution < -0.4 is 15.8 Å². The highest BCUT2D eigenvalue weighted by atomic mass is 16.3. The summed E-state index contributed by atoms with van der Waals surface area (Å²) in [5, 5.41) is 33.1. The molecule has 1 atom stereocenters. The van der Waals surface area contributed by atoms with Gasteiger partial charge in [-0.2, -0.15) is 10.4 Å². The molecule has 2 N–H and O–H groups in total. The predicted octanol–water partition coefficient (Wildman–Crippen LogP) is 1.74. The zero-order valence-electron chi connectivity index (χ0n) is 17.2. The van der Waals surface area contributed by atoms with Gasteiger partial charge in [-0.15, -0.1) is 5.10 Å². The first-order chi connectivity index (χ1) is 13.9. The number of allylic oxidation sites excluding steroid dienone is 1. The minimum atomic E-state index is -0.303. The van der Waals surface area contributed by atoms with Crippen molar-refractivity contribution in [3.05, 3.63) is 63.3 Å². The van der Waals surface area contributed by atoms with Crippen molar-refractivity contribution in [2.45, 2.75) is 39.8 Å². The van der Waals surface area contributed by atoms with E-state index >= 15 is 0 Å². The van der Waals surface area contributed by atoms with Crippen molar-refractivity contribution < 1.29 is 5.11 Å². The van der Waals surface area contributed by atoms with Crippen molar-refractivity contribution in [2.24, 2.45) is 0 Å². The lowest BCUT2D eigenvalue weighted by Gasteiger charge is -2.18. The van der Waals surface area contributed by atoms with Gasteiger partial charge in [0.25, 0.3) is 0 Å². The van der Waals surface area contributed by atoms with Gasteiger partial charge in [0.2, 0.25) is 0 Å². The first kappa shape index (κ1) is 20.6. The summed E-state index contributed by atoms with van der Waals surface area (Å²) < 4.78 is 0. The van der Waals surface area contributed by atoms with Crippen molar-refractivity contribution in [1.29, 1.82) is 5.26 Å². The van der Waals surface area contributed by atoms with E-state index in [4.69, 9.17) is 0 Å². The second-order valence-corrected chi connectivity index (χ2v) is 7.33. The molecule has 0 radical (unpaired) electrons. The first-order valence-corrected chi connectivity index (χ1v) is 9.80. The van der Waals surface area contributed by atoms with Gasteiger partial charge < -0.3 is 15.3 Å². The lowest BCUT2D eigenvalue weighted by Crippen LogP contribution is -2.34. The van der Waals surface area contributed by atoms with Crippen LogP contribution in [0, 0.1) is 25.2 Å². The van der Waals surface area contributed by atoms with Crippen molar-refractivity contribution in [3.8, 4) is 6.07 Å². The van der Waals surface area contributed by atoms with Gasteiger partial charge in [-0.05, 0) is 50.5 Å². The van der Waals surface area contributed by atoms with Crippen LogP contribution in [0.1, 0.15) is 35.7 Å². The number of nitrogens with one attached hydrogen (secondary N) is 1. The topological polar surface area (TPSA) is 85.1 Å². The maximum Gasteiger partial charge on any atom is 0.156 e. The van der Waals surface area contributed by atoms with E-state index in [9.17, 15) is 10.4 Å². The normalized spacial score (nSPS) is 17.5. The number of nitrogens with zero attached hydrogens (tertiary/aromatic N) is 4. The average molecular weight is 390 g/mol. The summed E-state index contributed by atoms with van der Waals surface area (Å²) in [6.45, 7) is 12.0. The zero-order chi connectivity index (χ0) is 21.0. The Kier molecular flexibility index (Phi) is 6.30. The maximum atomic E-state index is 9.83. The van der Waals surface area contributed by atoms with Crippen LogP contribution in [0.2, 0.25) is 0 Å². The fraction of sp³-hybridized carbons (Fsp3) is 0.348. The first-order valence-electron chi connectivity index (χ1n) is 9.80. The van der Waals surface area contributed by atoms with Gasteiger partial charge in [-0.1, -0.05) is 24.8 Å². The molecule has 0 amide bonds. The molecule has 2 aromatic rings. The number of nitriles is 1. The number of aliphatic hydroxyl groups is 1. The van der Waals surface area contributed by atoms with E-state index in [1.54, 1.807) is 0 Å². The number of β-amino-alcohol motifs (C(OH)–C–C–N with tert-alkyl or cyclic N) is 1. The van der Waals surface area contributed by atoms with Gasteiger partial charge in [0, 0.05) is 35.8 Å². The summed E-state index contributed by atoms with van der Waals surface area (Å²) in [5.41, 5.74) is 4.38. The van der Waals surface area contributed by atoms with Crippen LogP contribution in [0.15, 0.2) is 30.5 Å². The Morgan fingerprint density at radius 1 is 1.38 bits per heavy atom. The van der Waals surface area contributed by atoms with Crippen molar-refractivity contribution in [3.63, 3.8) is 0 Å². The Labute approximate surface area is 171 Å². The van der Waals surface area contributed by atoms with E-state index in [2.05, 4.69) is 33.1 Å². The summed E-state index contributed by atoms with van der Waals surface area (Å²) in [6.07, 6.45) is 4.49. The third-order valence-electron chi connectivity index (χ3n) is 5.42. The summed E-state index contributed by atoms with van der Waals surface area (Å²) in [6, 6.07) is 7.95. The largest absolute Gasteiger partial charge is 0.391 e. The minimum Gasteiger partial charge on any atom is -0.391 e. The number of likely N-dealkylation sites (tertiary alicyclic amines) is 1. The molecule has 1 aliphatic heterocycles. The SMILES string of the molecule is C=C(/C=c1/c(NCc2cccc(C#N)c2C)nnc(C)/c1=C/C)N1CCC(O)C1. The monoisotopic (exact) mass is 389 g/mol. The van der Waals surface area contributed by atoms with Crippen LogP contribution in [0.25, 0.3) is 12.2 Å². The molecule has 3 rings (SSSR count). The third kappa shape index (κ3) is 4.47. The molecule has 0 spiro atoms. The van der Waals surface area contributed by atoms with Gasteiger partial charge in [0.05, 0.1) is 23.4 Å². The molecule has 1 aromatic heterocycles. The van der Waals surface area contributed by atoms with E-state index in [1.807, 2.05) is 51.1 Å². The highest BCUT2D eigenvalue weighted by Crippen LogP contribution is 2.16. The smallest absolute Gasteiger partial charge is 0.156 e. The minimum absolute atomic E-state index is 0.303. The summed E-state index contributed by atoms with van der Waals surface area (Å²) in [7, 11) is 0. The molecule has 6 nitrogen and oxygen atoms in total.